The Kier molecular flexibility index (Phi) is 5.12. The number of carbonyl (C=O) groups excluding carboxylic acids is 2. The number of nitrogens with zero attached hydrogens (tertiary/aromatic N) is 1. The average molecular weight is 408 g/mol. The van der Waals surface area contributed by atoms with Gasteiger partial charge in [-0.3, -0.25) is 25.9 Å². The molecule has 1 aromatic heterocycles. The van der Waals surface area contributed by atoms with Crippen LogP contribution < -0.4 is 21.7 Å². The van der Waals surface area contributed by atoms with Gasteiger partial charge in [0.05, 0.1) is 10.4 Å². The maximum absolute atomic E-state index is 12.5. The summed E-state index contributed by atoms with van der Waals surface area (Å²) in [7, 11) is 1.88. The number of aryl methyl sites for hydroxylation is 1. The number of alkyl halides is 1. The number of para-hydroxylation sites is 1. The summed E-state index contributed by atoms with van der Waals surface area (Å²) in [5.41, 5.74) is 12.6. The van der Waals surface area contributed by atoms with Gasteiger partial charge in [-0.25, -0.2) is 5.43 Å². The zero-order valence-corrected chi connectivity index (χ0v) is 15.9. The lowest BCUT2D eigenvalue weighted by Gasteiger charge is -2.19. The Morgan fingerprint density at radius 1 is 1.20 bits per heavy atom. The minimum atomic E-state index is -0.472. The molecule has 4 N–H and O–H groups in total. The number of halogens is 1. The topological polar surface area (TPSA) is 87.2 Å². The molecule has 1 aliphatic rings. The first kappa shape index (κ1) is 17.9. The van der Waals surface area contributed by atoms with E-state index in [9.17, 15) is 9.59 Å². The van der Waals surface area contributed by atoms with Crippen molar-refractivity contribution in [2.75, 3.05) is 0 Å². The zero-order chi connectivity index (χ0) is 18.1. The maximum atomic E-state index is 12.5. The molecule has 0 bridgehead atoms. The van der Waals surface area contributed by atoms with Gasteiger partial charge < -0.3 is 4.57 Å². The summed E-state index contributed by atoms with van der Waals surface area (Å²) < 4.78 is 1.89. The summed E-state index contributed by atoms with van der Waals surface area (Å²) in [5, 5.41) is 0.843. The SMILES string of the molecule is CC(C)C1NNC(C(=O)NNC(=O)c2cn(C)c3ccccc23)C1Br. The Hall–Kier alpha value is -1.90. The van der Waals surface area contributed by atoms with Crippen LogP contribution in [0.15, 0.2) is 30.5 Å². The van der Waals surface area contributed by atoms with Crippen LogP contribution in [0.3, 0.4) is 0 Å². The highest BCUT2D eigenvalue weighted by molar-refractivity contribution is 9.09. The molecule has 8 heteroatoms. The van der Waals surface area contributed by atoms with E-state index in [4.69, 9.17) is 0 Å². The van der Waals surface area contributed by atoms with Crippen molar-refractivity contribution < 1.29 is 9.59 Å². The van der Waals surface area contributed by atoms with Crippen LogP contribution in [-0.2, 0) is 11.8 Å². The normalized spacial score (nSPS) is 23.2. The molecule has 3 rings (SSSR count). The molecule has 0 radical (unpaired) electrons. The van der Waals surface area contributed by atoms with E-state index in [1.807, 2.05) is 35.9 Å². The maximum Gasteiger partial charge on any atom is 0.271 e. The fraction of sp³-hybridized carbons (Fsp3) is 0.412. The highest BCUT2D eigenvalue weighted by Crippen LogP contribution is 2.22. The number of aromatic nitrogens is 1. The van der Waals surface area contributed by atoms with E-state index in [2.05, 4.69) is 51.5 Å². The predicted molar refractivity (Wildman–Crippen MR) is 99.9 cm³/mol. The number of amides is 2. The third-order valence-corrected chi connectivity index (χ3v) is 5.61. The first-order valence-corrected chi connectivity index (χ1v) is 9.11. The molecule has 1 aromatic carbocycles. The molecule has 0 saturated carbocycles. The fourth-order valence-corrected chi connectivity index (χ4v) is 4.20. The van der Waals surface area contributed by atoms with E-state index >= 15 is 0 Å². The quantitative estimate of drug-likeness (QED) is 0.454. The average Bonchev–Trinajstić information content (AvgIpc) is 3.13. The number of benzene rings is 1. The Morgan fingerprint density at radius 2 is 1.92 bits per heavy atom. The van der Waals surface area contributed by atoms with Crippen LogP contribution in [-0.4, -0.2) is 33.3 Å². The first-order chi connectivity index (χ1) is 11.9. The predicted octanol–water partition coefficient (Wildman–Crippen LogP) is 1.20. The van der Waals surface area contributed by atoms with E-state index in [0.29, 0.717) is 11.5 Å². The van der Waals surface area contributed by atoms with Gasteiger partial charge in [0.2, 0.25) is 0 Å². The summed E-state index contributed by atoms with van der Waals surface area (Å²) in [5.74, 6) is -0.284. The van der Waals surface area contributed by atoms with Crippen LogP contribution in [0, 0.1) is 5.92 Å². The van der Waals surface area contributed by atoms with Crippen LogP contribution in [0.4, 0.5) is 0 Å². The van der Waals surface area contributed by atoms with Crippen LogP contribution in [0.1, 0.15) is 24.2 Å². The third-order valence-electron chi connectivity index (χ3n) is 4.51. The van der Waals surface area contributed by atoms with Crippen LogP contribution in [0.5, 0.6) is 0 Å². The van der Waals surface area contributed by atoms with Crippen molar-refractivity contribution in [3.63, 3.8) is 0 Å². The standard InChI is InChI=1S/C17H22BrN5O2/c1-9(2)14-13(18)15(20-19-14)17(25)22-21-16(24)11-8-23(3)12-7-5-4-6-10(11)12/h4-9,13-15,19-20H,1-3H3,(H,21,24)(H,22,25). The second-order valence-electron chi connectivity index (χ2n) is 6.59. The molecule has 7 nitrogen and oxygen atoms in total. The molecule has 2 aromatic rings. The minimum Gasteiger partial charge on any atom is -0.350 e. The van der Waals surface area contributed by atoms with Crippen molar-refractivity contribution in [3.05, 3.63) is 36.0 Å². The van der Waals surface area contributed by atoms with E-state index in [0.717, 1.165) is 10.9 Å². The van der Waals surface area contributed by atoms with Gasteiger partial charge in [0.1, 0.15) is 6.04 Å². The van der Waals surface area contributed by atoms with Gasteiger partial charge in [-0.1, -0.05) is 48.0 Å². The van der Waals surface area contributed by atoms with Crippen molar-refractivity contribution in [2.45, 2.75) is 30.8 Å². The molecule has 2 heterocycles. The van der Waals surface area contributed by atoms with Gasteiger partial charge in [0.15, 0.2) is 0 Å². The highest BCUT2D eigenvalue weighted by atomic mass is 79.9. The van der Waals surface area contributed by atoms with Gasteiger partial charge in [-0.15, -0.1) is 0 Å². The lowest BCUT2D eigenvalue weighted by atomic mass is 9.99. The Morgan fingerprint density at radius 3 is 2.60 bits per heavy atom. The van der Waals surface area contributed by atoms with Crippen LogP contribution in [0.2, 0.25) is 0 Å². The summed E-state index contributed by atoms with van der Waals surface area (Å²) in [6.07, 6.45) is 1.75. The number of carbonyl (C=O) groups is 2. The minimum absolute atomic E-state index is 0.0676. The van der Waals surface area contributed by atoms with Gasteiger partial charge in [0, 0.05) is 30.2 Å². The molecule has 3 unspecified atom stereocenters. The van der Waals surface area contributed by atoms with Gasteiger partial charge >= 0.3 is 0 Å². The fourth-order valence-electron chi connectivity index (χ4n) is 3.08. The molecule has 0 aliphatic carbocycles. The third kappa shape index (κ3) is 3.42. The van der Waals surface area contributed by atoms with Crippen LogP contribution in [0.25, 0.3) is 10.9 Å². The first-order valence-electron chi connectivity index (χ1n) is 8.19. The van der Waals surface area contributed by atoms with E-state index in [1.54, 1.807) is 6.20 Å². The van der Waals surface area contributed by atoms with Crippen molar-refractivity contribution in [3.8, 4) is 0 Å². The zero-order valence-electron chi connectivity index (χ0n) is 14.3. The van der Waals surface area contributed by atoms with Crippen molar-refractivity contribution in [1.82, 2.24) is 26.3 Å². The molecular weight excluding hydrogens is 386 g/mol. The molecule has 3 atom stereocenters. The smallest absolute Gasteiger partial charge is 0.271 e. The summed E-state index contributed by atoms with van der Waals surface area (Å²) in [6, 6.07) is 7.29. The molecule has 1 fully saturated rings. The second kappa shape index (κ2) is 7.15. The van der Waals surface area contributed by atoms with E-state index in [1.165, 1.54) is 0 Å². The van der Waals surface area contributed by atoms with Crippen molar-refractivity contribution in [2.24, 2.45) is 13.0 Å². The number of fused-ring (bicyclic) bond motifs is 1. The highest BCUT2D eigenvalue weighted by Gasteiger charge is 2.39. The summed E-state index contributed by atoms with van der Waals surface area (Å²) in [4.78, 5) is 24.8. The lowest BCUT2D eigenvalue weighted by molar-refractivity contribution is -0.123. The Labute approximate surface area is 154 Å². The van der Waals surface area contributed by atoms with Crippen LogP contribution >= 0.6 is 15.9 Å². The Bertz CT molecular complexity index is 803. The van der Waals surface area contributed by atoms with Crippen molar-refractivity contribution >= 4 is 38.6 Å². The number of nitrogens with one attached hydrogen (secondary N) is 4. The number of rotatable bonds is 3. The van der Waals surface area contributed by atoms with E-state index < -0.39 is 6.04 Å². The monoisotopic (exact) mass is 407 g/mol. The van der Waals surface area contributed by atoms with Gasteiger partial charge in [-0.05, 0) is 12.0 Å². The largest absolute Gasteiger partial charge is 0.350 e. The second-order valence-corrected chi connectivity index (χ2v) is 7.65. The summed E-state index contributed by atoms with van der Waals surface area (Å²) >= 11 is 3.56. The van der Waals surface area contributed by atoms with Gasteiger partial charge in [0.25, 0.3) is 11.8 Å². The van der Waals surface area contributed by atoms with Gasteiger partial charge in [-0.2, -0.15) is 0 Å². The molecule has 2 amide bonds. The Balaban J connectivity index is 1.65. The lowest BCUT2D eigenvalue weighted by Crippen LogP contribution is -2.52. The molecule has 1 aliphatic heterocycles. The summed E-state index contributed by atoms with van der Waals surface area (Å²) in [6.45, 7) is 4.16. The molecular formula is C17H22BrN5O2. The molecule has 1 saturated heterocycles. The number of hydrogen-bond donors (Lipinski definition) is 4. The van der Waals surface area contributed by atoms with Crippen molar-refractivity contribution in [1.29, 1.82) is 0 Å². The molecule has 134 valence electrons. The number of hydrogen-bond acceptors (Lipinski definition) is 4. The molecule has 0 spiro atoms. The molecule has 25 heavy (non-hydrogen) atoms. The van der Waals surface area contributed by atoms with E-state index in [-0.39, 0.29) is 22.7 Å². The number of hydrazine groups is 2.